The van der Waals surface area contributed by atoms with Gasteiger partial charge in [0.15, 0.2) is 0 Å². The van der Waals surface area contributed by atoms with E-state index in [4.69, 9.17) is 0 Å². The van der Waals surface area contributed by atoms with Gasteiger partial charge in [0.2, 0.25) is 0 Å². The van der Waals surface area contributed by atoms with E-state index >= 15 is 0 Å². The Labute approximate surface area is 102 Å². The standard InChI is InChI=1S/C14H13N.ClH/c1-2-5-11(6-3-1)13-8-4-7-12-9-10-15-14(12)13;/h1-8,15H,9-10H2;1H. The predicted molar refractivity (Wildman–Crippen MR) is 71.3 cm³/mol. The molecule has 0 amide bonds. The van der Waals surface area contributed by atoms with E-state index in [1.807, 2.05) is 0 Å². The summed E-state index contributed by atoms with van der Waals surface area (Å²) in [5, 5.41) is 3.47. The van der Waals surface area contributed by atoms with Crippen LogP contribution in [0.2, 0.25) is 0 Å². The number of para-hydroxylation sites is 1. The lowest BCUT2D eigenvalue weighted by atomic mass is 10.0. The molecule has 1 aliphatic heterocycles. The highest BCUT2D eigenvalue weighted by atomic mass is 35.5. The van der Waals surface area contributed by atoms with Gasteiger partial charge in [-0.15, -0.1) is 12.4 Å². The zero-order chi connectivity index (χ0) is 10.1. The lowest BCUT2D eigenvalue weighted by molar-refractivity contribution is 1.11. The van der Waals surface area contributed by atoms with Gasteiger partial charge in [-0.25, -0.2) is 0 Å². The monoisotopic (exact) mass is 231 g/mol. The van der Waals surface area contributed by atoms with Gasteiger partial charge in [0.25, 0.3) is 0 Å². The molecule has 16 heavy (non-hydrogen) atoms. The van der Waals surface area contributed by atoms with Crippen LogP contribution >= 0.6 is 12.4 Å². The number of rotatable bonds is 1. The van der Waals surface area contributed by atoms with Crippen LogP contribution in [0, 0.1) is 0 Å². The molecule has 0 radical (unpaired) electrons. The lowest BCUT2D eigenvalue weighted by Crippen LogP contribution is -1.93. The number of benzene rings is 2. The third-order valence-corrected chi connectivity index (χ3v) is 2.93. The van der Waals surface area contributed by atoms with Crippen molar-refractivity contribution in [2.24, 2.45) is 0 Å². The molecule has 0 aromatic heterocycles. The first kappa shape index (κ1) is 11.0. The van der Waals surface area contributed by atoms with Crippen LogP contribution in [0.5, 0.6) is 0 Å². The van der Waals surface area contributed by atoms with Crippen LogP contribution in [0.4, 0.5) is 5.69 Å². The normalized spacial score (nSPS) is 12.5. The van der Waals surface area contributed by atoms with Gasteiger partial charge in [0.1, 0.15) is 0 Å². The minimum atomic E-state index is 0. The molecule has 0 aliphatic carbocycles. The van der Waals surface area contributed by atoms with Crippen LogP contribution in [-0.2, 0) is 6.42 Å². The molecule has 0 atom stereocenters. The largest absolute Gasteiger partial charge is 0.384 e. The van der Waals surface area contributed by atoms with Crippen molar-refractivity contribution in [1.82, 2.24) is 0 Å². The molecule has 82 valence electrons. The van der Waals surface area contributed by atoms with E-state index in [-0.39, 0.29) is 12.4 Å². The highest BCUT2D eigenvalue weighted by Gasteiger charge is 2.13. The fraction of sp³-hybridized carbons (Fsp3) is 0.143. The molecular weight excluding hydrogens is 218 g/mol. The summed E-state index contributed by atoms with van der Waals surface area (Å²) in [7, 11) is 0. The Morgan fingerprint density at radius 2 is 1.69 bits per heavy atom. The Morgan fingerprint density at radius 3 is 2.50 bits per heavy atom. The molecule has 1 nitrogen and oxygen atoms in total. The molecule has 0 unspecified atom stereocenters. The van der Waals surface area contributed by atoms with E-state index in [1.54, 1.807) is 0 Å². The fourth-order valence-electron chi connectivity index (χ4n) is 2.20. The summed E-state index contributed by atoms with van der Waals surface area (Å²) < 4.78 is 0. The Hall–Kier alpha value is -1.47. The van der Waals surface area contributed by atoms with Gasteiger partial charge in [0.05, 0.1) is 0 Å². The van der Waals surface area contributed by atoms with Gasteiger partial charge in [-0.2, -0.15) is 0 Å². The smallest absolute Gasteiger partial charge is 0.0453 e. The Kier molecular flexibility index (Phi) is 3.16. The summed E-state index contributed by atoms with van der Waals surface area (Å²) in [5.41, 5.74) is 5.38. The van der Waals surface area contributed by atoms with Gasteiger partial charge in [-0.3, -0.25) is 0 Å². The molecule has 1 N–H and O–H groups in total. The van der Waals surface area contributed by atoms with Crippen molar-refractivity contribution in [3.05, 3.63) is 54.1 Å². The van der Waals surface area contributed by atoms with Crippen LogP contribution in [0.1, 0.15) is 5.56 Å². The molecule has 1 aliphatic rings. The molecule has 3 rings (SSSR count). The second-order valence-electron chi connectivity index (χ2n) is 3.88. The predicted octanol–water partition coefficient (Wildman–Crippen LogP) is 3.74. The van der Waals surface area contributed by atoms with Crippen LogP contribution in [0.15, 0.2) is 48.5 Å². The van der Waals surface area contributed by atoms with Crippen molar-refractivity contribution in [3.8, 4) is 11.1 Å². The summed E-state index contributed by atoms with van der Waals surface area (Å²) in [6.07, 6.45) is 1.15. The minimum Gasteiger partial charge on any atom is -0.384 e. The average Bonchev–Trinajstić information content (AvgIpc) is 2.78. The van der Waals surface area contributed by atoms with Crippen molar-refractivity contribution in [2.75, 3.05) is 11.9 Å². The maximum absolute atomic E-state index is 3.47. The van der Waals surface area contributed by atoms with Crippen molar-refractivity contribution in [1.29, 1.82) is 0 Å². The van der Waals surface area contributed by atoms with Crippen LogP contribution in [0.3, 0.4) is 0 Å². The molecule has 0 bridgehead atoms. The number of hydrogen-bond acceptors (Lipinski definition) is 1. The van der Waals surface area contributed by atoms with Gasteiger partial charge < -0.3 is 5.32 Å². The number of nitrogens with one attached hydrogen (secondary N) is 1. The number of anilines is 1. The topological polar surface area (TPSA) is 12.0 Å². The van der Waals surface area contributed by atoms with Crippen LogP contribution in [0.25, 0.3) is 11.1 Å². The summed E-state index contributed by atoms with van der Waals surface area (Å²) in [5.74, 6) is 0. The molecule has 2 heteroatoms. The van der Waals surface area contributed by atoms with E-state index < -0.39 is 0 Å². The summed E-state index contributed by atoms with van der Waals surface area (Å²) in [6, 6.07) is 17.1. The second-order valence-corrected chi connectivity index (χ2v) is 3.88. The minimum absolute atomic E-state index is 0. The van der Waals surface area contributed by atoms with Gasteiger partial charge in [0, 0.05) is 17.8 Å². The second kappa shape index (κ2) is 4.58. The molecule has 0 saturated heterocycles. The van der Waals surface area contributed by atoms with E-state index in [0.29, 0.717) is 0 Å². The van der Waals surface area contributed by atoms with Gasteiger partial charge >= 0.3 is 0 Å². The zero-order valence-electron chi connectivity index (χ0n) is 8.94. The molecule has 2 aromatic rings. The molecule has 0 saturated carbocycles. The lowest BCUT2D eigenvalue weighted by Gasteiger charge is -2.08. The van der Waals surface area contributed by atoms with Crippen LogP contribution in [-0.4, -0.2) is 6.54 Å². The Bertz CT molecular complexity index is 479. The van der Waals surface area contributed by atoms with Crippen molar-refractivity contribution in [2.45, 2.75) is 6.42 Å². The van der Waals surface area contributed by atoms with Crippen molar-refractivity contribution in [3.63, 3.8) is 0 Å². The summed E-state index contributed by atoms with van der Waals surface area (Å²) in [6.45, 7) is 1.07. The Morgan fingerprint density at radius 1 is 0.875 bits per heavy atom. The zero-order valence-corrected chi connectivity index (χ0v) is 9.76. The fourth-order valence-corrected chi connectivity index (χ4v) is 2.20. The Balaban J connectivity index is 0.000000963. The first-order chi connectivity index (χ1) is 7.45. The average molecular weight is 232 g/mol. The summed E-state index contributed by atoms with van der Waals surface area (Å²) in [4.78, 5) is 0. The molecule has 1 heterocycles. The van der Waals surface area contributed by atoms with E-state index in [9.17, 15) is 0 Å². The van der Waals surface area contributed by atoms with Gasteiger partial charge in [-0.05, 0) is 17.5 Å². The van der Waals surface area contributed by atoms with E-state index in [2.05, 4.69) is 53.8 Å². The SMILES string of the molecule is Cl.c1ccc(-c2cccc3c2NCC3)cc1. The van der Waals surface area contributed by atoms with Crippen LogP contribution < -0.4 is 5.32 Å². The molecular formula is C14H14ClN. The highest BCUT2D eigenvalue weighted by Crippen LogP contribution is 2.33. The molecule has 2 aromatic carbocycles. The first-order valence-electron chi connectivity index (χ1n) is 5.36. The molecule has 0 fully saturated rings. The number of hydrogen-bond donors (Lipinski definition) is 1. The number of fused-ring (bicyclic) bond motifs is 1. The maximum atomic E-state index is 3.47. The highest BCUT2D eigenvalue weighted by molar-refractivity contribution is 5.85. The van der Waals surface area contributed by atoms with Crippen molar-refractivity contribution < 1.29 is 0 Å². The molecule has 0 spiro atoms. The quantitative estimate of drug-likeness (QED) is 0.789. The maximum Gasteiger partial charge on any atom is 0.0453 e. The number of halogens is 1. The first-order valence-corrected chi connectivity index (χ1v) is 5.36. The van der Waals surface area contributed by atoms with E-state index in [1.165, 1.54) is 22.4 Å². The third-order valence-electron chi connectivity index (χ3n) is 2.93. The third kappa shape index (κ3) is 1.79. The van der Waals surface area contributed by atoms with Gasteiger partial charge in [-0.1, -0.05) is 48.5 Å². The van der Waals surface area contributed by atoms with E-state index in [0.717, 1.165) is 13.0 Å². The van der Waals surface area contributed by atoms with Crippen molar-refractivity contribution >= 4 is 18.1 Å². The summed E-state index contributed by atoms with van der Waals surface area (Å²) >= 11 is 0.